The number of aliphatic hydroxyl groups is 1. The number of carboxylic acid groups (broad SMARTS) is 1. The molecule has 1 unspecified atom stereocenters. The summed E-state index contributed by atoms with van der Waals surface area (Å²) in [7, 11) is 3.84. The summed E-state index contributed by atoms with van der Waals surface area (Å²) in [6.07, 6.45) is 0. The number of aliphatic hydroxyl groups excluding tert-OH is 1. The van der Waals surface area contributed by atoms with Crippen LogP contribution in [0.5, 0.6) is 0 Å². The Hall–Kier alpha value is -4.91. The fourth-order valence-corrected chi connectivity index (χ4v) is 4.79. The van der Waals surface area contributed by atoms with E-state index in [2.05, 4.69) is 0 Å². The van der Waals surface area contributed by atoms with E-state index in [0.717, 1.165) is 16.5 Å². The summed E-state index contributed by atoms with van der Waals surface area (Å²) >= 11 is 0. The number of hydrogen-bond donors (Lipinski definition) is 2. The minimum atomic E-state index is -1.05. The van der Waals surface area contributed by atoms with E-state index < -0.39 is 23.7 Å². The number of fused-ring (bicyclic) bond motifs is 1. The van der Waals surface area contributed by atoms with Crippen molar-refractivity contribution in [1.82, 2.24) is 4.90 Å². The van der Waals surface area contributed by atoms with Crippen LogP contribution in [0.4, 0.5) is 5.69 Å². The third-order valence-electron chi connectivity index (χ3n) is 6.84. The second kappa shape index (κ2) is 9.86. The van der Waals surface area contributed by atoms with Gasteiger partial charge in [-0.1, -0.05) is 60.7 Å². The number of carbonyl (C=O) groups is 3. The molecule has 1 aliphatic rings. The second-order valence-electron chi connectivity index (χ2n) is 9.48. The first-order valence-corrected chi connectivity index (χ1v) is 12.1. The lowest BCUT2D eigenvalue weighted by molar-refractivity contribution is -0.140. The standard InChI is InChI=1S/C31H26N2O5/c1-32(2)25-15-13-21(14-16-25)27-26(28(34)24-12-11-20-5-3-4-6-23(20)17-24)29(35)30(36)33(27)18-19-7-9-22(10-8-19)31(37)38/h3-17,27,34H,18H2,1-2H3,(H,37,38)/b28-26-. The lowest BCUT2D eigenvalue weighted by atomic mass is 9.94. The summed E-state index contributed by atoms with van der Waals surface area (Å²) in [6.45, 7) is 0.0685. The second-order valence-corrected chi connectivity index (χ2v) is 9.48. The van der Waals surface area contributed by atoms with Gasteiger partial charge >= 0.3 is 5.97 Å². The third kappa shape index (κ3) is 4.50. The Morgan fingerprint density at radius 1 is 0.816 bits per heavy atom. The van der Waals surface area contributed by atoms with E-state index in [1.165, 1.54) is 17.0 Å². The predicted molar refractivity (Wildman–Crippen MR) is 146 cm³/mol. The van der Waals surface area contributed by atoms with E-state index in [0.29, 0.717) is 16.7 Å². The maximum absolute atomic E-state index is 13.4. The van der Waals surface area contributed by atoms with Crippen molar-refractivity contribution in [2.45, 2.75) is 12.6 Å². The fraction of sp³-hybridized carbons (Fsp3) is 0.129. The summed E-state index contributed by atoms with van der Waals surface area (Å²) in [5, 5.41) is 22.5. The zero-order valence-electron chi connectivity index (χ0n) is 21.0. The Kier molecular flexibility index (Phi) is 6.43. The van der Waals surface area contributed by atoms with Gasteiger partial charge in [-0.05, 0) is 52.2 Å². The van der Waals surface area contributed by atoms with Crippen molar-refractivity contribution in [3.63, 3.8) is 0 Å². The Morgan fingerprint density at radius 3 is 2.08 bits per heavy atom. The number of amides is 1. The topological polar surface area (TPSA) is 98.2 Å². The lowest BCUT2D eigenvalue weighted by Crippen LogP contribution is -2.29. The molecule has 1 fully saturated rings. The van der Waals surface area contributed by atoms with Crippen molar-refractivity contribution in [3.05, 3.63) is 119 Å². The van der Waals surface area contributed by atoms with Crippen LogP contribution in [0.3, 0.4) is 0 Å². The van der Waals surface area contributed by atoms with Gasteiger partial charge in [0, 0.05) is 31.9 Å². The number of likely N-dealkylation sites (tertiary alicyclic amines) is 1. The number of benzene rings is 4. The van der Waals surface area contributed by atoms with Crippen LogP contribution in [-0.4, -0.2) is 46.9 Å². The zero-order chi connectivity index (χ0) is 27.0. The lowest BCUT2D eigenvalue weighted by Gasteiger charge is -2.26. The minimum Gasteiger partial charge on any atom is -0.507 e. The number of carbonyl (C=O) groups excluding carboxylic acids is 2. The molecule has 7 heteroatoms. The largest absolute Gasteiger partial charge is 0.507 e. The molecule has 0 bridgehead atoms. The van der Waals surface area contributed by atoms with Gasteiger partial charge in [-0.2, -0.15) is 0 Å². The van der Waals surface area contributed by atoms with Gasteiger partial charge in [0.2, 0.25) is 0 Å². The molecule has 0 spiro atoms. The van der Waals surface area contributed by atoms with Gasteiger partial charge in [-0.3, -0.25) is 9.59 Å². The summed E-state index contributed by atoms with van der Waals surface area (Å²) in [5.41, 5.74) is 2.89. The van der Waals surface area contributed by atoms with Gasteiger partial charge in [0.15, 0.2) is 0 Å². The van der Waals surface area contributed by atoms with Gasteiger partial charge in [0.1, 0.15) is 5.76 Å². The van der Waals surface area contributed by atoms with E-state index in [-0.39, 0.29) is 23.4 Å². The molecule has 2 N–H and O–H groups in total. The van der Waals surface area contributed by atoms with Crippen molar-refractivity contribution in [1.29, 1.82) is 0 Å². The molecule has 0 aliphatic carbocycles. The Morgan fingerprint density at radius 2 is 1.45 bits per heavy atom. The Bertz CT molecular complexity index is 1590. The zero-order valence-corrected chi connectivity index (χ0v) is 21.0. The highest BCUT2D eigenvalue weighted by Gasteiger charge is 2.46. The molecule has 5 rings (SSSR count). The first-order chi connectivity index (χ1) is 18.2. The molecule has 1 aliphatic heterocycles. The number of rotatable bonds is 6. The van der Waals surface area contributed by atoms with Gasteiger partial charge in [0.25, 0.3) is 11.7 Å². The first-order valence-electron chi connectivity index (χ1n) is 12.1. The molecule has 0 aromatic heterocycles. The average Bonchev–Trinajstić information content (AvgIpc) is 3.17. The predicted octanol–water partition coefficient (Wildman–Crippen LogP) is 5.23. The van der Waals surface area contributed by atoms with E-state index in [1.54, 1.807) is 24.3 Å². The van der Waals surface area contributed by atoms with Crippen LogP contribution >= 0.6 is 0 Å². The molecule has 0 radical (unpaired) electrons. The quantitative estimate of drug-likeness (QED) is 0.211. The first kappa shape index (κ1) is 24.8. The number of aromatic carboxylic acids is 1. The molecule has 1 atom stereocenters. The average molecular weight is 507 g/mol. The van der Waals surface area contributed by atoms with Crippen LogP contribution < -0.4 is 4.90 Å². The SMILES string of the molecule is CN(C)c1ccc(C2/C(=C(/O)c3ccc4ccccc4c3)C(=O)C(=O)N2Cc2ccc(C(=O)O)cc2)cc1. The monoisotopic (exact) mass is 506 g/mol. The summed E-state index contributed by atoms with van der Waals surface area (Å²) < 4.78 is 0. The molecule has 190 valence electrons. The number of nitrogens with zero attached hydrogens (tertiary/aromatic N) is 2. The summed E-state index contributed by atoms with van der Waals surface area (Å²) in [6, 6.07) is 25.9. The summed E-state index contributed by atoms with van der Waals surface area (Å²) in [4.78, 5) is 41.3. The van der Waals surface area contributed by atoms with E-state index in [4.69, 9.17) is 0 Å². The van der Waals surface area contributed by atoms with E-state index in [1.807, 2.05) is 73.6 Å². The van der Waals surface area contributed by atoms with Gasteiger partial charge in [-0.15, -0.1) is 0 Å². The number of hydrogen-bond acceptors (Lipinski definition) is 5. The Balaban J connectivity index is 1.62. The number of anilines is 1. The van der Waals surface area contributed by atoms with E-state index >= 15 is 0 Å². The highest BCUT2D eigenvalue weighted by Crippen LogP contribution is 2.41. The maximum Gasteiger partial charge on any atom is 0.335 e. The minimum absolute atomic E-state index is 0.0186. The summed E-state index contributed by atoms with van der Waals surface area (Å²) in [5.74, 6) is -2.77. The van der Waals surface area contributed by atoms with Crippen LogP contribution in [0.25, 0.3) is 16.5 Å². The van der Waals surface area contributed by atoms with Crippen LogP contribution in [0.2, 0.25) is 0 Å². The molecule has 4 aromatic rings. The number of carboxylic acids is 1. The molecule has 1 saturated heterocycles. The Labute approximate surface area is 219 Å². The molecule has 4 aromatic carbocycles. The van der Waals surface area contributed by atoms with Crippen molar-refractivity contribution in [2.75, 3.05) is 19.0 Å². The van der Waals surface area contributed by atoms with Crippen LogP contribution in [0, 0.1) is 0 Å². The van der Waals surface area contributed by atoms with Crippen LogP contribution in [-0.2, 0) is 16.1 Å². The van der Waals surface area contributed by atoms with Crippen molar-refractivity contribution < 1.29 is 24.6 Å². The number of ketones is 1. The highest BCUT2D eigenvalue weighted by atomic mass is 16.4. The molecule has 0 saturated carbocycles. The highest BCUT2D eigenvalue weighted by molar-refractivity contribution is 6.46. The van der Waals surface area contributed by atoms with Crippen LogP contribution in [0.1, 0.15) is 33.1 Å². The molecular formula is C31H26N2O5. The molecule has 1 amide bonds. The van der Waals surface area contributed by atoms with Crippen LogP contribution in [0.15, 0.2) is 96.6 Å². The maximum atomic E-state index is 13.4. The molecule has 1 heterocycles. The van der Waals surface area contributed by atoms with Crippen molar-refractivity contribution >= 4 is 39.9 Å². The molecule has 38 heavy (non-hydrogen) atoms. The van der Waals surface area contributed by atoms with Crippen molar-refractivity contribution in [2.24, 2.45) is 0 Å². The molecular weight excluding hydrogens is 480 g/mol. The van der Waals surface area contributed by atoms with Gasteiger partial charge in [-0.25, -0.2) is 4.79 Å². The smallest absolute Gasteiger partial charge is 0.335 e. The normalized spacial score (nSPS) is 16.7. The fourth-order valence-electron chi connectivity index (χ4n) is 4.79. The van der Waals surface area contributed by atoms with Gasteiger partial charge < -0.3 is 20.0 Å². The van der Waals surface area contributed by atoms with Crippen molar-refractivity contribution in [3.8, 4) is 0 Å². The number of Topliss-reactive ketones (excluding diaryl/α,β-unsaturated/α-hetero) is 1. The molecule has 7 nitrogen and oxygen atoms in total. The van der Waals surface area contributed by atoms with E-state index in [9.17, 15) is 24.6 Å². The van der Waals surface area contributed by atoms with Gasteiger partial charge in [0.05, 0.1) is 17.2 Å². The third-order valence-corrected chi connectivity index (χ3v) is 6.84.